The van der Waals surface area contributed by atoms with Crippen LogP contribution in [0, 0.1) is 0 Å². The summed E-state index contributed by atoms with van der Waals surface area (Å²) in [6.45, 7) is -0.0847. The molecule has 2 aromatic rings. The SMILES string of the molecule is COc1cccc(NC(=O)CN(C)C(=O)c2ccc(Cl)nc2)c1. The number of nitrogens with zero attached hydrogens (tertiary/aromatic N) is 2. The van der Waals surface area contributed by atoms with Gasteiger partial charge in [0.15, 0.2) is 0 Å². The molecule has 120 valence electrons. The number of pyridine rings is 1. The molecule has 1 aromatic heterocycles. The van der Waals surface area contributed by atoms with E-state index in [0.29, 0.717) is 22.2 Å². The molecule has 2 amide bonds. The summed E-state index contributed by atoms with van der Waals surface area (Å²) in [6.07, 6.45) is 1.38. The topological polar surface area (TPSA) is 71.5 Å². The third-order valence-electron chi connectivity index (χ3n) is 3.06. The van der Waals surface area contributed by atoms with Crippen molar-refractivity contribution in [3.05, 3.63) is 53.3 Å². The maximum absolute atomic E-state index is 12.2. The van der Waals surface area contributed by atoms with Crippen molar-refractivity contribution in [2.24, 2.45) is 0 Å². The van der Waals surface area contributed by atoms with Gasteiger partial charge in [0.05, 0.1) is 19.2 Å². The van der Waals surface area contributed by atoms with Crippen molar-refractivity contribution in [1.29, 1.82) is 0 Å². The molecule has 23 heavy (non-hydrogen) atoms. The van der Waals surface area contributed by atoms with Gasteiger partial charge in [0.1, 0.15) is 10.9 Å². The minimum absolute atomic E-state index is 0.0847. The first-order valence-electron chi connectivity index (χ1n) is 6.80. The summed E-state index contributed by atoms with van der Waals surface area (Å²) >= 11 is 5.68. The van der Waals surface area contributed by atoms with Gasteiger partial charge in [-0.05, 0) is 24.3 Å². The second kappa shape index (κ2) is 7.60. The number of likely N-dealkylation sites (N-methyl/N-ethyl adjacent to an activating group) is 1. The lowest BCUT2D eigenvalue weighted by Crippen LogP contribution is -2.35. The van der Waals surface area contributed by atoms with Crippen LogP contribution in [-0.4, -0.2) is 42.4 Å². The number of hydrogen-bond donors (Lipinski definition) is 1. The van der Waals surface area contributed by atoms with E-state index >= 15 is 0 Å². The lowest BCUT2D eigenvalue weighted by Gasteiger charge is -2.17. The summed E-state index contributed by atoms with van der Waals surface area (Å²) in [6, 6.07) is 10.1. The van der Waals surface area contributed by atoms with Crippen molar-refractivity contribution in [1.82, 2.24) is 9.88 Å². The maximum atomic E-state index is 12.2. The van der Waals surface area contributed by atoms with Crippen molar-refractivity contribution >= 4 is 29.1 Å². The van der Waals surface area contributed by atoms with E-state index in [1.54, 1.807) is 44.5 Å². The minimum atomic E-state index is -0.310. The summed E-state index contributed by atoms with van der Waals surface area (Å²) in [5, 5.41) is 3.02. The average Bonchev–Trinajstić information content (AvgIpc) is 2.54. The number of benzene rings is 1. The fraction of sp³-hybridized carbons (Fsp3) is 0.188. The average molecular weight is 334 g/mol. The number of aromatic nitrogens is 1. The molecule has 0 atom stereocenters. The van der Waals surface area contributed by atoms with Gasteiger partial charge in [-0.3, -0.25) is 9.59 Å². The Morgan fingerprint density at radius 2 is 2.09 bits per heavy atom. The molecule has 0 radical (unpaired) electrons. The molecule has 1 N–H and O–H groups in total. The van der Waals surface area contributed by atoms with Gasteiger partial charge >= 0.3 is 0 Å². The molecular weight excluding hydrogens is 318 g/mol. The number of anilines is 1. The second-order valence-corrected chi connectivity index (χ2v) is 5.20. The first-order chi connectivity index (χ1) is 11.0. The normalized spacial score (nSPS) is 10.0. The predicted molar refractivity (Wildman–Crippen MR) is 87.8 cm³/mol. The molecule has 0 aliphatic heterocycles. The lowest BCUT2D eigenvalue weighted by atomic mass is 10.2. The Kier molecular flexibility index (Phi) is 5.54. The Hall–Kier alpha value is -2.60. The molecule has 6 nitrogen and oxygen atoms in total. The standard InChI is InChI=1S/C16H16ClN3O3/c1-20(16(22)11-6-7-14(17)18-9-11)10-15(21)19-12-4-3-5-13(8-12)23-2/h3-9H,10H2,1-2H3,(H,19,21). The van der Waals surface area contributed by atoms with Gasteiger partial charge in [0.2, 0.25) is 5.91 Å². The van der Waals surface area contributed by atoms with Crippen LogP contribution in [0.4, 0.5) is 5.69 Å². The molecule has 0 fully saturated rings. The van der Waals surface area contributed by atoms with Crippen LogP contribution in [0.3, 0.4) is 0 Å². The van der Waals surface area contributed by atoms with Gasteiger partial charge in [-0.2, -0.15) is 0 Å². The largest absolute Gasteiger partial charge is 0.497 e. The first kappa shape index (κ1) is 16.8. The zero-order valence-corrected chi connectivity index (χ0v) is 13.5. The van der Waals surface area contributed by atoms with Gasteiger partial charge in [0, 0.05) is 25.0 Å². The minimum Gasteiger partial charge on any atom is -0.497 e. The molecule has 0 aliphatic carbocycles. The van der Waals surface area contributed by atoms with Crippen molar-refractivity contribution < 1.29 is 14.3 Å². The van der Waals surface area contributed by atoms with E-state index < -0.39 is 0 Å². The van der Waals surface area contributed by atoms with E-state index in [1.807, 2.05) is 0 Å². The Morgan fingerprint density at radius 1 is 1.30 bits per heavy atom. The third kappa shape index (κ3) is 4.69. The molecule has 0 aliphatic rings. The summed E-state index contributed by atoms with van der Waals surface area (Å²) < 4.78 is 5.09. The Bertz CT molecular complexity index is 704. The van der Waals surface area contributed by atoms with Crippen LogP contribution in [0.2, 0.25) is 5.15 Å². The Labute approximate surface area is 139 Å². The van der Waals surface area contributed by atoms with E-state index in [9.17, 15) is 9.59 Å². The smallest absolute Gasteiger partial charge is 0.255 e. The number of halogens is 1. The molecule has 7 heteroatoms. The van der Waals surface area contributed by atoms with E-state index in [0.717, 1.165) is 0 Å². The summed E-state index contributed by atoms with van der Waals surface area (Å²) in [5.74, 6) is 0.0189. The lowest BCUT2D eigenvalue weighted by molar-refractivity contribution is -0.116. The zero-order valence-electron chi connectivity index (χ0n) is 12.7. The van der Waals surface area contributed by atoms with Gasteiger partial charge < -0.3 is 15.0 Å². The number of amides is 2. The fourth-order valence-electron chi connectivity index (χ4n) is 1.91. The maximum Gasteiger partial charge on any atom is 0.255 e. The highest BCUT2D eigenvalue weighted by molar-refractivity contribution is 6.29. The molecule has 0 saturated heterocycles. The van der Waals surface area contributed by atoms with Crippen LogP contribution in [0.1, 0.15) is 10.4 Å². The van der Waals surface area contributed by atoms with Crippen LogP contribution < -0.4 is 10.1 Å². The zero-order chi connectivity index (χ0) is 16.8. The van der Waals surface area contributed by atoms with Gasteiger partial charge in [-0.25, -0.2) is 4.98 Å². The monoisotopic (exact) mass is 333 g/mol. The van der Waals surface area contributed by atoms with Crippen molar-refractivity contribution in [2.45, 2.75) is 0 Å². The quantitative estimate of drug-likeness (QED) is 0.853. The number of hydrogen-bond acceptors (Lipinski definition) is 4. The molecule has 1 aromatic carbocycles. The van der Waals surface area contributed by atoms with E-state index in [2.05, 4.69) is 10.3 Å². The molecule has 0 unspecified atom stereocenters. The van der Waals surface area contributed by atoms with Gasteiger partial charge in [0.25, 0.3) is 5.91 Å². The molecule has 0 saturated carbocycles. The highest BCUT2D eigenvalue weighted by Gasteiger charge is 2.15. The second-order valence-electron chi connectivity index (χ2n) is 4.81. The van der Waals surface area contributed by atoms with Crippen molar-refractivity contribution in [3.8, 4) is 5.75 Å². The summed E-state index contributed by atoms with van der Waals surface area (Å²) in [7, 11) is 3.09. The fourth-order valence-corrected chi connectivity index (χ4v) is 2.02. The number of carbonyl (C=O) groups excluding carboxylic acids is 2. The van der Waals surface area contributed by atoms with Gasteiger partial charge in [-0.1, -0.05) is 17.7 Å². The number of rotatable bonds is 5. The molecule has 2 rings (SSSR count). The van der Waals surface area contributed by atoms with Crippen LogP contribution in [-0.2, 0) is 4.79 Å². The number of carbonyl (C=O) groups is 2. The predicted octanol–water partition coefficient (Wildman–Crippen LogP) is 2.45. The number of methoxy groups -OCH3 is 1. The van der Waals surface area contributed by atoms with Crippen LogP contribution in [0.25, 0.3) is 0 Å². The van der Waals surface area contributed by atoms with E-state index in [1.165, 1.54) is 17.2 Å². The van der Waals surface area contributed by atoms with Crippen LogP contribution >= 0.6 is 11.6 Å². The number of nitrogens with one attached hydrogen (secondary N) is 1. The Balaban J connectivity index is 1.96. The van der Waals surface area contributed by atoms with E-state index in [-0.39, 0.29) is 18.4 Å². The van der Waals surface area contributed by atoms with Crippen molar-refractivity contribution in [2.75, 3.05) is 26.0 Å². The molecule has 0 bridgehead atoms. The number of ether oxygens (including phenoxy) is 1. The summed E-state index contributed by atoms with van der Waals surface area (Å²) in [4.78, 5) is 29.4. The highest BCUT2D eigenvalue weighted by Crippen LogP contribution is 2.16. The first-order valence-corrected chi connectivity index (χ1v) is 7.18. The van der Waals surface area contributed by atoms with Crippen LogP contribution in [0.15, 0.2) is 42.6 Å². The van der Waals surface area contributed by atoms with Crippen LogP contribution in [0.5, 0.6) is 5.75 Å². The van der Waals surface area contributed by atoms with Gasteiger partial charge in [-0.15, -0.1) is 0 Å². The van der Waals surface area contributed by atoms with Crippen molar-refractivity contribution in [3.63, 3.8) is 0 Å². The molecular formula is C16H16ClN3O3. The highest BCUT2D eigenvalue weighted by atomic mass is 35.5. The molecule has 1 heterocycles. The van der Waals surface area contributed by atoms with E-state index in [4.69, 9.17) is 16.3 Å². The third-order valence-corrected chi connectivity index (χ3v) is 3.28. The Morgan fingerprint density at radius 3 is 2.74 bits per heavy atom. The summed E-state index contributed by atoms with van der Waals surface area (Å²) in [5.41, 5.74) is 0.967. The molecule has 0 spiro atoms.